The molecule has 0 saturated heterocycles. The molecule has 1 aromatic heterocycles. The predicted octanol–water partition coefficient (Wildman–Crippen LogP) is 0.101. The quantitative estimate of drug-likeness (QED) is 0.618. The molecule has 1 amide bonds. The van der Waals surface area contributed by atoms with E-state index in [1.807, 2.05) is 0 Å². The van der Waals surface area contributed by atoms with E-state index in [4.69, 9.17) is 9.84 Å². The van der Waals surface area contributed by atoms with Crippen molar-refractivity contribution in [3.8, 4) is 5.75 Å². The number of nitrogens with one attached hydrogen (secondary N) is 1. The minimum Gasteiger partial charge on any atom is -0.505 e. The fourth-order valence-corrected chi connectivity index (χ4v) is 1.27. The standard InChI is InChI=1S/C12H19N3O5/c1-12(2,3)20-11(19)15-6-8(17)9(18)10-13-4-7(16)5-14-10/h4-5,8-9,16-18H,6H2,1-3H3,(H,15,19). The van der Waals surface area contributed by atoms with Gasteiger partial charge in [0.05, 0.1) is 12.4 Å². The smallest absolute Gasteiger partial charge is 0.407 e. The molecule has 0 aliphatic carbocycles. The number of carbonyl (C=O) groups is 1. The van der Waals surface area contributed by atoms with Gasteiger partial charge >= 0.3 is 6.09 Å². The van der Waals surface area contributed by atoms with Crippen LogP contribution in [0.3, 0.4) is 0 Å². The zero-order chi connectivity index (χ0) is 15.3. The van der Waals surface area contributed by atoms with E-state index in [9.17, 15) is 15.0 Å². The number of rotatable bonds is 4. The molecule has 0 fully saturated rings. The van der Waals surface area contributed by atoms with Gasteiger partial charge in [-0.1, -0.05) is 0 Å². The SMILES string of the molecule is CC(C)(C)OC(=O)NCC(O)C(O)c1ncc(O)cn1. The van der Waals surface area contributed by atoms with Gasteiger partial charge in [-0.15, -0.1) is 0 Å². The predicted molar refractivity (Wildman–Crippen MR) is 68.9 cm³/mol. The largest absolute Gasteiger partial charge is 0.505 e. The number of aromatic hydroxyl groups is 1. The van der Waals surface area contributed by atoms with Crippen LogP contribution in [0.25, 0.3) is 0 Å². The summed E-state index contributed by atoms with van der Waals surface area (Å²) in [5.41, 5.74) is -0.645. The topological polar surface area (TPSA) is 125 Å². The molecule has 0 spiro atoms. The second-order valence-electron chi connectivity index (χ2n) is 5.19. The summed E-state index contributed by atoms with van der Waals surface area (Å²) in [5, 5.41) is 30.8. The van der Waals surface area contributed by atoms with Gasteiger partial charge < -0.3 is 25.4 Å². The van der Waals surface area contributed by atoms with Crippen LogP contribution in [0.15, 0.2) is 12.4 Å². The van der Waals surface area contributed by atoms with Gasteiger partial charge in [-0.05, 0) is 20.8 Å². The van der Waals surface area contributed by atoms with Gasteiger partial charge in [-0.2, -0.15) is 0 Å². The van der Waals surface area contributed by atoms with Crippen molar-refractivity contribution in [2.75, 3.05) is 6.54 Å². The highest BCUT2D eigenvalue weighted by Gasteiger charge is 2.23. The number of hydrogen-bond acceptors (Lipinski definition) is 7. The van der Waals surface area contributed by atoms with Crippen LogP contribution >= 0.6 is 0 Å². The number of nitrogens with zero attached hydrogens (tertiary/aromatic N) is 2. The van der Waals surface area contributed by atoms with E-state index in [2.05, 4.69) is 15.3 Å². The van der Waals surface area contributed by atoms with Crippen molar-refractivity contribution in [2.24, 2.45) is 0 Å². The zero-order valence-electron chi connectivity index (χ0n) is 11.6. The number of alkyl carbamates (subject to hydrolysis) is 1. The number of ether oxygens (including phenoxy) is 1. The Morgan fingerprint density at radius 2 is 1.90 bits per heavy atom. The minimum absolute atomic E-state index is 0.0544. The first-order valence-corrected chi connectivity index (χ1v) is 6.03. The molecule has 0 aliphatic rings. The summed E-state index contributed by atoms with van der Waals surface area (Å²) in [6.45, 7) is 4.91. The van der Waals surface area contributed by atoms with Gasteiger partial charge in [0.25, 0.3) is 0 Å². The van der Waals surface area contributed by atoms with Crippen molar-refractivity contribution in [3.63, 3.8) is 0 Å². The van der Waals surface area contributed by atoms with Crippen molar-refractivity contribution in [1.29, 1.82) is 0 Å². The van der Waals surface area contributed by atoms with Crippen molar-refractivity contribution >= 4 is 6.09 Å². The first-order chi connectivity index (χ1) is 9.19. The van der Waals surface area contributed by atoms with Crippen LogP contribution < -0.4 is 5.32 Å². The van der Waals surface area contributed by atoms with Crippen molar-refractivity contribution in [3.05, 3.63) is 18.2 Å². The first kappa shape index (κ1) is 16.1. The molecule has 1 rings (SSSR count). The number of aliphatic hydroxyl groups excluding tert-OH is 2. The van der Waals surface area contributed by atoms with Gasteiger partial charge in [0.2, 0.25) is 0 Å². The van der Waals surface area contributed by atoms with E-state index in [0.29, 0.717) is 0 Å². The molecule has 20 heavy (non-hydrogen) atoms. The summed E-state index contributed by atoms with van der Waals surface area (Å²) < 4.78 is 4.98. The van der Waals surface area contributed by atoms with Crippen molar-refractivity contribution < 1.29 is 24.9 Å². The van der Waals surface area contributed by atoms with Crippen LogP contribution in [0.2, 0.25) is 0 Å². The molecule has 0 radical (unpaired) electrons. The Hall–Kier alpha value is -1.93. The fraction of sp³-hybridized carbons (Fsp3) is 0.583. The van der Waals surface area contributed by atoms with E-state index in [1.165, 1.54) is 0 Å². The van der Waals surface area contributed by atoms with E-state index < -0.39 is 23.9 Å². The molecule has 4 N–H and O–H groups in total. The van der Waals surface area contributed by atoms with E-state index in [0.717, 1.165) is 12.4 Å². The Kier molecular flexibility index (Phi) is 5.23. The van der Waals surface area contributed by atoms with Crippen molar-refractivity contribution in [1.82, 2.24) is 15.3 Å². The van der Waals surface area contributed by atoms with Crippen LogP contribution in [0.4, 0.5) is 4.79 Å². The summed E-state index contributed by atoms with van der Waals surface area (Å²) >= 11 is 0. The van der Waals surface area contributed by atoms with Crippen molar-refractivity contribution in [2.45, 2.75) is 38.6 Å². The second kappa shape index (κ2) is 6.49. The third-order valence-electron chi connectivity index (χ3n) is 2.14. The van der Waals surface area contributed by atoms with Crippen LogP contribution in [0, 0.1) is 0 Å². The Balaban J connectivity index is 2.48. The molecule has 8 heteroatoms. The summed E-state index contributed by atoms with van der Waals surface area (Å²) in [5.74, 6) is -0.205. The van der Waals surface area contributed by atoms with E-state index >= 15 is 0 Å². The lowest BCUT2D eigenvalue weighted by Crippen LogP contribution is -2.39. The number of aromatic nitrogens is 2. The van der Waals surface area contributed by atoms with E-state index in [-0.39, 0.29) is 18.1 Å². The van der Waals surface area contributed by atoms with Gasteiger partial charge in [0, 0.05) is 6.54 Å². The Morgan fingerprint density at radius 3 is 2.40 bits per heavy atom. The van der Waals surface area contributed by atoms with Gasteiger partial charge in [-0.3, -0.25) is 0 Å². The molecule has 112 valence electrons. The number of aliphatic hydroxyl groups is 2. The normalized spacial score (nSPS) is 14.4. The molecule has 0 bridgehead atoms. The number of hydrogen-bond donors (Lipinski definition) is 4. The van der Waals surface area contributed by atoms with Crippen LogP contribution in [-0.2, 0) is 4.74 Å². The molecule has 0 aliphatic heterocycles. The van der Waals surface area contributed by atoms with Gasteiger partial charge in [-0.25, -0.2) is 14.8 Å². The summed E-state index contributed by atoms with van der Waals surface area (Å²) in [4.78, 5) is 18.7. The Labute approximate surface area is 116 Å². The molecule has 1 heterocycles. The highest BCUT2D eigenvalue weighted by atomic mass is 16.6. The highest BCUT2D eigenvalue weighted by Crippen LogP contribution is 2.13. The Morgan fingerprint density at radius 1 is 1.35 bits per heavy atom. The van der Waals surface area contributed by atoms with Crippen LogP contribution in [-0.4, -0.2) is 49.6 Å². The molecule has 8 nitrogen and oxygen atoms in total. The van der Waals surface area contributed by atoms with Gasteiger partial charge in [0.15, 0.2) is 11.6 Å². The molecule has 1 aromatic rings. The van der Waals surface area contributed by atoms with E-state index in [1.54, 1.807) is 20.8 Å². The summed E-state index contributed by atoms with van der Waals surface area (Å²) in [7, 11) is 0. The summed E-state index contributed by atoms with van der Waals surface area (Å²) in [6, 6.07) is 0. The third kappa shape index (κ3) is 5.37. The lowest BCUT2D eigenvalue weighted by molar-refractivity contribution is 0.00851. The Bertz CT molecular complexity index is 443. The molecule has 2 atom stereocenters. The maximum atomic E-state index is 11.4. The second-order valence-corrected chi connectivity index (χ2v) is 5.19. The molecular weight excluding hydrogens is 266 g/mol. The highest BCUT2D eigenvalue weighted by molar-refractivity contribution is 5.67. The van der Waals surface area contributed by atoms with Crippen LogP contribution in [0.1, 0.15) is 32.7 Å². The summed E-state index contributed by atoms with van der Waals surface area (Å²) in [6.07, 6.45) is -1.19. The molecule has 0 saturated carbocycles. The third-order valence-corrected chi connectivity index (χ3v) is 2.14. The molecule has 2 unspecified atom stereocenters. The maximum Gasteiger partial charge on any atom is 0.407 e. The lowest BCUT2D eigenvalue weighted by Gasteiger charge is -2.21. The van der Waals surface area contributed by atoms with Gasteiger partial charge in [0.1, 0.15) is 17.8 Å². The minimum atomic E-state index is -1.38. The average Bonchev–Trinajstić information content (AvgIpc) is 2.34. The molecular formula is C12H19N3O5. The maximum absolute atomic E-state index is 11.4. The monoisotopic (exact) mass is 285 g/mol. The first-order valence-electron chi connectivity index (χ1n) is 6.03. The molecule has 0 aromatic carbocycles. The van der Waals surface area contributed by atoms with Crippen LogP contribution in [0.5, 0.6) is 5.75 Å². The number of amides is 1. The fourth-order valence-electron chi connectivity index (χ4n) is 1.27. The lowest BCUT2D eigenvalue weighted by atomic mass is 10.2. The average molecular weight is 285 g/mol. The number of carbonyl (C=O) groups excluding carboxylic acids is 1. The zero-order valence-corrected chi connectivity index (χ0v) is 11.6.